The van der Waals surface area contributed by atoms with Crippen molar-refractivity contribution in [2.75, 3.05) is 0 Å². The van der Waals surface area contributed by atoms with Crippen LogP contribution in [-0.2, 0) is 23.3 Å². The van der Waals surface area contributed by atoms with E-state index in [4.69, 9.17) is 5.10 Å². The van der Waals surface area contributed by atoms with Gasteiger partial charge in [0.15, 0.2) is 0 Å². The van der Waals surface area contributed by atoms with Crippen LogP contribution >= 0.6 is 0 Å². The summed E-state index contributed by atoms with van der Waals surface area (Å²) >= 11 is 0. The van der Waals surface area contributed by atoms with E-state index in [1.54, 1.807) is 12.1 Å². The average molecular weight is 426 g/mol. The highest BCUT2D eigenvalue weighted by molar-refractivity contribution is 5.91. The number of aromatic nitrogens is 2. The zero-order valence-electron chi connectivity index (χ0n) is 17.7. The first-order chi connectivity index (χ1) is 15.6. The molecule has 1 saturated carbocycles. The number of benzene rings is 3. The molecular formula is C27H24FN3O. The Bertz CT molecular complexity index is 1210. The van der Waals surface area contributed by atoms with Crippen LogP contribution in [-0.4, -0.2) is 15.7 Å². The number of carbonyl (C=O) groups excluding carboxylic acids is 1. The molecular weight excluding hydrogens is 401 g/mol. The fourth-order valence-electron chi connectivity index (χ4n) is 4.17. The summed E-state index contributed by atoms with van der Waals surface area (Å²) in [6.45, 7) is 1.05. The lowest BCUT2D eigenvalue weighted by atomic mass is 9.95. The van der Waals surface area contributed by atoms with Crippen LogP contribution in [0.25, 0.3) is 11.3 Å². The Labute approximate surface area is 186 Å². The van der Waals surface area contributed by atoms with Gasteiger partial charge in [-0.15, -0.1) is 0 Å². The molecule has 1 N–H and O–H groups in total. The standard InChI is InChI=1S/C27H24FN3O/c28-24-13-11-23(12-14-24)27(15-16-27)26(32)29-17-22-19-31(18-20-7-3-1-4-8-20)30-25(22)21-9-5-2-6-10-21/h1-14,19H,15-18H2,(H,29,32). The maximum atomic E-state index is 13.3. The van der Waals surface area contributed by atoms with E-state index in [2.05, 4.69) is 17.4 Å². The van der Waals surface area contributed by atoms with Crippen molar-refractivity contribution in [1.82, 2.24) is 15.1 Å². The van der Waals surface area contributed by atoms with Gasteiger partial charge in [-0.05, 0) is 36.1 Å². The van der Waals surface area contributed by atoms with Crippen molar-refractivity contribution in [2.45, 2.75) is 31.3 Å². The molecule has 1 aromatic heterocycles. The molecule has 160 valence electrons. The summed E-state index contributed by atoms with van der Waals surface area (Å²) in [4.78, 5) is 13.1. The van der Waals surface area contributed by atoms with Crippen LogP contribution in [0.4, 0.5) is 4.39 Å². The third-order valence-corrected chi connectivity index (χ3v) is 6.09. The molecule has 0 bridgehead atoms. The largest absolute Gasteiger partial charge is 0.351 e. The van der Waals surface area contributed by atoms with Crippen molar-refractivity contribution < 1.29 is 9.18 Å². The van der Waals surface area contributed by atoms with Crippen molar-refractivity contribution in [2.24, 2.45) is 0 Å². The van der Waals surface area contributed by atoms with E-state index in [-0.39, 0.29) is 11.7 Å². The maximum absolute atomic E-state index is 13.3. The van der Waals surface area contributed by atoms with E-state index in [0.29, 0.717) is 13.1 Å². The Balaban J connectivity index is 1.37. The van der Waals surface area contributed by atoms with Gasteiger partial charge in [0, 0.05) is 23.9 Å². The third-order valence-electron chi connectivity index (χ3n) is 6.09. The average Bonchev–Trinajstić information content (AvgIpc) is 3.54. The number of rotatable bonds is 7. The second-order valence-corrected chi connectivity index (χ2v) is 8.32. The zero-order valence-corrected chi connectivity index (χ0v) is 17.7. The smallest absolute Gasteiger partial charge is 0.230 e. The van der Waals surface area contributed by atoms with Gasteiger partial charge in [-0.3, -0.25) is 9.48 Å². The van der Waals surface area contributed by atoms with Gasteiger partial charge in [0.25, 0.3) is 0 Å². The summed E-state index contributed by atoms with van der Waals surface area (Å²) in [7, 11) is 0. The van der Waals surface area contributed by atoms with Crippen LogP contribution in [0.1, 0.15) is 29.5 Å². The Hall–Kier alpha value is -3.73. The van der Waals surface area contributed by atoms with Gasteiger partial charge in [-0.25, -0.2) is 4.39 Å². The number of carbonyl (C=O) groups is 1. The molecule has 4 aromatic rings. The molecule has 1 heterocycles. The minimum atomic E-state index is -0.541. The van der Waals surface area contributed by atoms with E-state index < -0.39 is 5.41 Å². The van der Waals surface area contributed by atoms with Crippen LogP contribution in [0.2, 0.25) is 0 Å². The highest BCUT2D eigenvalue weighted by atomic mass is 19.1. The Morgan fingerprint density at radius 2 is 1.59 bits per heavy atom. The molecule has 1 fully saturated rings. The molecule has 0 saturated heterocycles. The second-order valence-electron chi connectivity index (χ2n) is 8.32. The summed E-state index contributed by atoms with van der Waals surface area (Å²) < 4.78 is 15.2. The number of nitrogens with one attached hydrogen (secondary N) is 1. The highest BCUT2D eigenvalue weighted by Gasteiger charge is 2.51. The van der Waals surface area contributed by atoms with E-state index in [1.165, 1.54) is 17.7 Å². The quantitative estimate of drug-likeness (QED) is 0.449. The third kappa shape index (κ3) is 4.06. The fourth-order valence-corrected chi connectivity index (χ4v) is 4.17. The van der Waals surface area contributed by atoms with Crippen molar-refractivity contribution >= 4 is 5.91 Å². The summed E-state index contributed by atoms with van der Waals surface area (Å²) in [5.74, 6) is -0.303. The first kappa shape index (κ1) is 20.2. The van der Waals surface area contributed by atoms with E-state index in [0.717, 1.165) is 35.2 Å². The van der Waals surface area contributed by atoms with Crippen LogP contribution in [0.3, 0.4) is 0 Å². The lowest BCUT2D eigenvalue weighted by molar-refractivity contribution is -0.123. The number of nitrogens with zero attached hydrogens (tertiary/aromatic N) is 2. The number of halogens is 1. The molecule has 1 amide bonds. The number of hydrogen-bond acceptors (Lipinski definition) is 2. The summed E-state index contributed by atoms with van der Waals surface area (Å²) in [6, 6.07) is 26.5. The molecule has 0 atom stereocenters. The second kappa shape index (κ2) is 8.42. The van der Waals surface area contributed by atoms with Gasteiger partial charge < -0.3 is 5.32 Å². The molecule has 0 unspecified atom stereocenters. The minimum Gasteiger partial charge on any atom is -0.351 e. The minimum absolute atomic E-state index is 0.0149. The lowest BCUT2D eigenvalue weighted by Crippen LogP contribution is -2.34. The summed E-state index contributed by atoms with van der Waals surface area (Å²) in [5, 5.41) is 7.94. The van der Waals surface area contributed by atoms with Crippen molar-refractivity contribution in [3.8, 4) is 11.3 Å². The van der Waals surface area contributed by atoms with Gasteiger partial charge in [0.1, 0.15) is 5.82 Å². The van der Waals surface area contributed by atoms with Crippen LogP contribution in [0, 0.1) is 5.82 Å². The Morgan fingerprint density at radius 1 is 0.938 bits per heavy atom. The zero-order chi connectivity index (χ0) is 22.0. The molecule has 0 spiro atoms. The molecule has 0 aliphatic heterocycles. The molecule has 3 aromatic carbocycles. The van der Waals surface area contributed by atoms with Gasteiger partial charge >= 0.3 is 0 Å². The molecule has 1 aliphatic carbocycles. The maximum Gasteiger partial charge on any atom is 0.230 e. The van der Waals surface area contributed by atoms with Crippen molar-refractivity contribution in [3.05, 3.63) is 114 Å². The van der Waals surface area contributed by atoms with E-state index in [9.17, 15) is 9.18 Å². The molecule has 4 nitrogen and oxygen atoms in total. The first-order valence-corrected chi connectivity index (χ1v) is 10.8. The Kier molecular flexibility index (Phi) is 5.31. The fraction of sp³-hybridized carbons (Fsp3) is 0.185. The predicted octanol–water partition coefficient (Wildman–Crippen LogP) is 5.09. The van der Waals surface area contributed by atoms with Crippen LogP contribution in [0.15, 0.2) is 91.1 Å². The summed E-state index contributed by atoms with van der Waals surface area (Å²) in [5.41, 5.74) is 4.35. The van der Waals surface area contributed by atoms with Gasteiger partial charge in [-0.1, -0.05) is 72.8 Å². The van der Waals surface area contributed by atoms with Crippen LogP contribution in [0.5, 0.6) is 0 Å². The van der Waals surface area contributed by atoms with Crippen LogP contribution < -0.4 is 5.32 Å². The van der Waals surface area contributed by atoms with Crippen molar-refractivity contribution in [3.63, 3.8) is 0 Å². The normalized spacial score (nSPS) is 14.2. The van der Waals surface area contributed by atoms with Crippen molar-refractivity contribution in [1.29, 1.82) is 0 Å². The Morgan fingerprint density at radius 3 is 2.25 bits per heavy atom. The molecule has 5 rings (SSSR count). The molecule has 1 aliphatic rings. The van der Waals surface area contributed by atoms with E-state index >= 15 is 0 Å². The highest BCUT2D eigenvalue weighted by Crippen LogP contribution is 2.48. The first-order valence-electron chi connectivity index (χ1n) is 10.8. The summed E-state index contributed by atoms with van der Waals surface area (Å²) in [6.07, 6.45) is 3.57. The van der Waals surface area contributed by atoms with Gasteiger partial charge in [-0.2, -0.15) is 5.10 Å². The van der Waals surface area contributed by atoms with Gasteiger partial charge in [0.2, 0.25) is 5.91 Å². The van der Waals surface area contributed by atoms with Gasteiger partial charge in [0.05, 0.1) is 17.7 Å². The molecule has 5 heteroatoms. The number of amides is 1. The monoisotopic (exact) mass is 425 g/mol. The molecule has 32 heavy (non-hydrogen) atoms. The lowest BCUT2D eigenvalue weighted by Gasteiger charge is -2.16. The SMILES string of the molecule is O=C(NCc1cn(Cc2ccccc2)nc1-c1ccccc1)C1(c2ccc(F)cc2)CC1. The predicted molar refractivity (Wildman–Crippen MR) is 122 cm³/mol. The topological polar surface area (TPSA) is 46.9 Å². The number of hydrogen-bond donors (Lipinski definition) is 1. The molecule has 0 radical (unpaired) electrons. The van der Waals surface area contributed by atoms with E-state index in [1.807, 2.05) is 59.4 Å².